The Bertz CT molecular complexity index is 366. The summed E-state index contributed by atoms with van der Waals surface area (Å²) in [6, 6.07) is 3.99. The van der Waals surface area contributed by atoms with Gasteiger partial charge in [0.15, 0.2) is 5.78 Å². The van der Waals surface area contributed by atoms with Gasteiger partial charge in [0.25, 0.3) is 0 Å². The standard InChI is InChI=1S/C11H13ClFNO/c1-7(2)14-6-11(15)9-5-8(13)3-4-10(9)12/h3-5,7,14H,6H2,1-2H3. The van der Waals surface area contributed by atoms with E-state index in [-0.39, 0.29) is 29.0 Å². The topological polar surface area (TPSA) is 29.1 Å². The summed E-state index contributed by atoms with van der Waals surface area (Å²) in [6.45, 7) is 4.03. The van der Waals surface area contributed by atoms with Gasteiger partial charge in [0.05, 0.1) is 11.6 Å². The van der Waals surface area contributed by atoms with Crippen molar-refractivity contribution in [2.24, 2.45) is 0 Å². The van der Waals surface area contributed by atoms with Gasteiger partial charge < -0.3 is 5.32 Å². The van der Waals surface area contributed by atoms with Crippen molar-refractivity contribution >= 4 is 17.4 Å². The minimum Gasteiger partial charge on any atom is -0.307 e. The molecule has 0 amide bonds. The zero-order valence-corrected chi connectivity index (χ0v) is 9.44. The van der Waals surface area contributed by atoms with Crippen LogP contribution in [0, 0.1) is 5.82 Å². The second-order valence-electron chi connectivity index (χ2n) is 3.58. The van der Waals surface area contributed by atoms with Crippen LogP contribution in [0.15, 0.2) is 18.2 Å². The lowest BCUT2D eigenvalue weighted by Gasteiger charge is -2.08. The number of hydrogen-bond donors (Lipinski definition) is 1. The van der Waals surface area contributed by atoms with Crippen LogP contribution in [-0.2, 0) is 0 Å². The van der Waals surface area contributed by atoms with Crippen LogP contribution >= 0.6 is 11.6 Å². The summed E-state index contributed by atoms with van der Waals surface area (Å²) in [7, 11) is 0. The van der Waals surface area contributed by atoms with E-state index in [1.54, 1.807) is 0 Å². The molecule has 82 valence electrons. The molecule has 0 atom stereocenters. The van der Waals surface area contributed by atoms with E-state index >= 15 is 0 Å². The van der Waals surface area contributed by atoms with Crippen molar-refractivity contribution in [1.29, 1.82) is 0 Å². The molecular weight excluding hydrogens is 217 g/mol. The van der Waals surface area contributed by atoms with Gasteiger partial charge in [0.1, 0.15) is 5.82 Å². The fourth-order valence-corrected chi connectivity index (χ4v) is 1.33. The molecule has 0 heterocycles. The number of Topliss-reactive ketones (excluding diaryl/α,β-unsaturated/α-hetero) is 1. The highest BCUT2D eigenvalue weighted by Gasteiger charge is 2.11. The van der Waals surface area contributed by atoms with Gasteiger partial charge in [-0.3, -0.25) is 4.79 Å². The Morgan fingerprint density at radius 1 is 1.53 bits per heavy atom. The van der Waals surface area contributed by atoms with Crippen molar-refractivity contribution in [1.82, 2.24) is 5.32 Å². The maximum atomic E-state index is 12.9. The smallest absolute Gasteiger partial charge is 0.178 e. The van der Waals surface area contributed by atoms with Crippen LogP contribution in [0.3, 0.4) is 0 Å². The zero-order valence-electron chi connectivity index (χ0n) is 8.68. The molecule has 0 aliphatic rings. The average molecular weight is 230 g/mol. The van der Waals surface area contributed by atoms with E-state index < -0.39 is 5.82 Å². The first kappa shape index (κ1) is 12.1. The second-order valence-corrected chi connectivity index (χ2v) is 3.99. The first-order chi connectivity index (χ1) is 7.00. The van der Waals surface area contributed by atoms with Gasteiger partial charge in [-0.1, -0.05) is 25.4 Å². The predicted molar refractivity (Wildman–Crippen MR) is 58.9 cm³/mol. The van der Waals surface area contributed by atoms with Gasteiger partial charge in [-0.25, -0.2) is 4.39 Å². The van der Waals surface area contributed by atoms with E-state index in [0.29, 0.717) is 0 Å². The minimum atomic E-state index is -0.452. The highest BCUT2D eigenvalue weighted by Crippen LogP contribution is 2.17. The highest BCUT2D eigenvalue weighted by molar-refractivity contribution is 6.34. The summed E-state index contributed by atoms with van der Waals surface area (Å²) >= 11 is 5.79. The van der Waals surface area contributed by atoms with Crippen LogP contribution in [-0.4, -0.2) is 18.4 Å². The lowest BCUT2D eigenvalue weighted by atomic mass is 10.1. The first-order valence-electron chi connectivity index (χ1n) is 4.72. The molecule has 4 heteroatoms. The third-order valence-corrected chi connectivity index (χ3v) is 2.23. The van der Waals surface area contributed by atoms with Gasteiger partial charge in [-0.05, 0) is 18.2 Å². The van der Waals surface area contributed by atoms with E-state index in [2.05, 4.69) is 5.32 Å². The molecule has 0 aliphatic heterocycles. The molecule has 0 aromatic heterocycles. The van der Waals surface area contributed by atoms with E-state index in [1.807, 2.05) is 13.8 Å². The van der Waals surface area contributed by atoms with Crippen molar-refractivity contribution in [2.75, 3.05) is 6.54 Å². The number of halogens is 2. The SMILES string of the molecule is CC(C)NCC(=O)c1cc(F)ccc1Cl. The predicted octanol–water partition coefficient (Wildman–Crippen LogP) is 2.66. The van der Waals surface area contributed by atoms with E-state index in [4.69, 9.17) is 11.6 Å². The van der Waals surface area contributed by atoms with Crippen LogP contribution < -0.4 is 5.32 Å². The molecule has 1 rings (SSSR count). The average Bonchev–Trinajstić information content (AvgIpc) is 2.18. The van der Waals surface area contributed by atoms with Crippen molar-refractivity contribution in [2.45, 2.75) is 19.9 Å². The highest BCUT2D eigenvalue weighted by atomic mass is 35.5. The lowest BCUT2D eigenvalue weighted by molar-refractivity contribution is 0.0988. The Labute approximate surface area is 93.4 Å². The van der Waals surface area contributed by atoms with Crippen LogP contribution in [0.5, 0.6) is 0 Å². The molecule has 15 heavy (non-hydrogen) atoms. The number of benzene rings is 1. The number of nitrogens with one attached hydrogen (secondary N) is 1. The zero-order chi connectivity index (χ0) is 11.4. The fourth-order valence-electron chi connectivity index (χ4n) is 1.10. The number of ketones is 1. The molecule has 0 spiro atoms. The molecule has 0 unspecified atom stereocenters. The minimum absolute atomic E-state index is 0.167. The number of carbonyl (C=O) groups excluding carboxylic acids is 1. The van der Waals surface area contributed by atoms with Crippen LogP contribution in [0.1, 0.15) is 24.2 Å². The van der Waals surface area contributed by atoms with Gasteiger partial charge >= 0.3 is 0 Å². The molecule has 1 N–H and O–H groups in total. The Morgan fingerprint density at radius 2 is 2.20 bits per heavy atom. The summed E-state index contributed by atoms with van der Waals surface area (Å²) in [5.74, 6) is -0.652. The number of carbonyl (C=O) groups is 1. The van der Waals surface area contributed by atoms with Gasteiger partial charge in [0, 0.05) is 11.6 Å². The number of hydrogen-bond acceptors (Lipinski definition) is 2. The first-order valence-corrected chi connectivity index (χ1v) is 5.10. The third kappa shape index (κ3) is 3.61. The van der Waals surface area contributed by atoms with Crippen LogP contribution in [0.4, 0.5) is 4.39 Å². The molecule has 0 aliphatic carbocycles. The summed E-state index contributed by atoms with van der Waals surface area (Å²) in [6.07, 6.45) is 0. The van der Waals surface area contributed by atoms with Crippen LogP contribution in [0.25, 0.3) is 0 Å². The normalized spacial score (nSPS) is 10.7. The molecule has 0 fully saturated rings. The van der Waals surface area contributed by atoms with Gasteiger partial charge in [-0.15, -0.1) is 0 Å². The lowest BCUT2D eigenvalue weighted by Crippen LogP contribution is -2.29. The van der Waals surface area contributed by atoms with Crippen molar-refractivity contribution < 1.29 is 9.18 Å². The van der Waals surface area contributed by atoms with Crippen molar-refractivity contribution in [3.8, 4) is 0 Å². The molecular formula is C11H13ClFNO. The maximum Gasteiger partial charge on any atom is 0.178 e. The summed E-state index contributed by atoms with van der Waals surface area (Å²) in [5, 5.41) is 3.24. The summed E-state index contributed by atoms with van der Waals surface area (Å²) < 4.78 is 12.9. The van der Waals surface area contributed by atoms with Crippen LogP contribution in [0.2, 0.25) is 5.02 Å². The summed E-state index contributed by atoms with van der Waals surface area (Å²) in [5.41, 5.74) is 0.227. The largest absolute Gasteiger partial charge is 0.307 e. The molecule has 0 bridgehead atoms. The van der Waals surface area contributed by atoms with Gasteiger partial charge in [0.2, 0.25) is 0 Å². The van der Waals surface area contributed by atoms with Crippen molar-refractivity contribution in [3.63, 3.8) is 0 Å². The second kappa shape index (κ2) is 5.24. The number of rotatable bonds is 4. The monoisotopic (exact) mass is 229 g/mol. The van der Waals surface area contributed by atoms with Gasteiger partial charge in [-0.2, -0.15) is 0 Å². The summed E-state index contributed by atoms with van der Waals surface area (Å²) in [4.78, 5) is 11.6. The quantitative estimate of drug-likeness (QED) is 0.805. The Morgan fingerprint density at radius 3 is 2.80 bits per heavy atom. The Kier molecular flexibility index (Phi) is 4.24. The molecule has 0 saturated carbocycles. The maximum absolute atomic E-state index is 12.9. The Balaban J connectivity index is 2.77. The van der Waals surface area contributed by atoms with E-state index in [9.17, 15) is 9.18 Å². The van der Waals surface area contributed by atoms with E-state index in [1.165, 1.54) is 12.1 Å². The molecule has 2 nitrogen and oxygen atoms in total. The Hall–Kier alpha value is -0.930. The van der Waals surface area contributed by atoms with E-state index in [0.717, 1.165) is 6.07 Å². The molecule has 0 radical (unpaired) electrons. The molecule has 1 aromatic carbocycles. The molecule has 0 saturated heterocycles. The third-order valence-electron chi connectivity index (χ3n) is 1.90. The molecule has 1 aromatic rings. The van der Waals surface area contributed by atoms with Crippen molar-refractivity contribution in [3.05, 3.63) is 34.6 Å². The fraction of sp³-hybridized carbons (Fsp3) is 0.364.